The van der Waals surface area contributed by atoms with Crippen molar-refractivity contribution < 1.29 is 0 Å². The zero-order chi connectivity index (χ0) is 36.1. The molecule has 1 heterocycles. The summed E-state index contributed by atoms with van der Waals surface area (Å²) in [6.07, 6.45) is 2.21. The van der Waals surface area contributed by atoms with Crippen molar-refractivity contribution in [1.82, 2.24) is 0 Å². The van der Waals surface area contributed by atoms with Crippen LogP contribution in [0.2, 0.25) is 0 Å². The maximum Gasteiger partial charge on any atom is 0.0653 e. The first kappa shape index (κ1) is 33.6. The third-order valence-corrected chi connectivity index (χ3v) is 10.2. The first-order valence-corrected chi connectivity index (χ1v) is 18.3. The van der Waals surface area contributed by atoms with Gasteiger partial charge in [-0.25, -0.2) is 0 Å². The second-order valence-corrected chi connectivity index (χ2v) is 13.7. The van der Waals surface area contributed by atoms with Crippen molar-refractivity contribution in [1.29, 1.82) is 0 Å². The van der Waals surface area contributed by atoms with Gasteiger partial charge in [-0.3, -0.25) is 4.99 Å². The number of benzene rings is 7. The van der Waals surface area contributed by atoms with Crippen LogP contribution in [0.3, 0.4) is 0 Å². The number of hydrogen-bond donors (Lipinski definition) is 0. The Morgan fingerprint density at radius 2 is 1.04 bits per heavy atom. The van der Waals surface area contributed by atoms with E-state index in [1.54, 1.807) is 0 Å². The van der Waals surface area contributed by atoms with Gasteiger partial charge in [0.2, 0.25) is 0 Å². The smallest absolute Gasteiger partial charge is 0.0653 e. The van der Waals surface area contributed by atoms with Crippen LogP contribution in [0.4, 0.5) is 17.1 Å². The predicted molar refractivity (Wildman–Crippen MR) is 226 cm³/mol. The molecule has 2 heteroatoms. The van der Waals surface area contributed by atoms with E-state index in [2.05, 4.69) is 208 Å². The zero-order valence-corrected chi connectivity index (χ0v) is 30.5. The molecule has 0 spiro atoms. The lowest BCUT2D eigenvalue weighted by atomic mass is 9.88. The molecule has 8 rings (SSSR count). The number of fused-ring (bicyclic) bond motifs is 2. The molecule has 0 saturated heterocycles. The average molecular weight is 683 g/mol. The Balaban J connectivity index is 1.14. The van der Waals surface area contributed by atoms with E-state index in [-0.39, 0.29) is 0 Å². The molecule has 0 aromatic heterocycles. The van der Waals surface area contributed by atoms with Crippen molar-refractivity contribution in [2.45, 2.75) is 27.3 Å². The molecule has 7 aromatic carbocycles. The minimum Gasteiger partial charge on any atom is -0.309 e. The Hall–Kier alpha value is -6.51. The SMILES string of the molecule is CC1=C(c2ccccc2C)c2ccccc2N(c2ccc(-c3ccc(C(/C=C(\C)c4ccccc4)=NCc4ccccc4)cc3)cc2)c2ccccc21. The zero-order valence-electron chi connectivity index (χ0n) is 30.5. The van der Waals surface area contributed by atoms with E-state index in [0.29, 0.717) is 6.54 Å². The minimum atomic E-state index is 0.627. The van der Waals surface area contributed by atoms with Crippen molar-refractivity contribution in [3.8, 4) is 11.1 Å². The molecule has 256 valence electrons. The summed E-state index contributed by atoms with van der Waals surface area (Å²) in [7, 11) is 0. The second kappa shape index (κ2) is 15.0. The fraction of sp³-hybridized carbons (Fsp3) is 0.0784. The van der Waals surface area contributed by atoms with Gasteiger partial charge in [0.05, 0.1) is 23.6 Å². The van der Waals surface area contributed by atoms with Crippen molar-refractivity contribution in [2.24, 2.45) is 4.99 Å². The fourth-order valence-electron chi connectivity index (χ4n) is 7.42. The van der Waals surface area contributed by atoms with Crippen LogP contribution in [0.5, 0.6) is 0 Å². The maximum atomic E-state index is 5.11. The maximum absolute atomic E-state index is 5.11. The number of aliphatic imine (C=N–C) groups is 1. The molecule has 0 aliphatic carbocycles. The highest BCUT2D eigenvalue weighted by atomic mass is 15.1. The van der Waals surface area contributed by atoms with Gasteiger partial charge in [0, 0.05) is 16.8 Å². The standard InChI is InChI=1S/C51H42N2/c1-36-16-10-11-21-45(36)51-38(3)46-22-12-14-24-49(46)53(50-25-15-13-23-47(50)51)44-32-30-42(31-33-44)41-26-28-43(29-27-41)48(52-35-39-17-6-4-7-18-39)34-37(2)40-19-8-5-9-20-40/h4-34H,35H2,1-3H3/b37-34+,52-48?. The van der Waals surface area contributed by atoms with Gasteiger partial charge < -0.3 is 4.90 Å². The van der Waals surface area contributed by atoms with Crippen molar-refractivity contribution in [3.05, 3.63) is 227 Å². The van der Waals surface area contributed by atoms with Crippen molar-refractivity contribution >= 4 is 39.5 Å². The van der Waals surface area contributed by atoms with Crippen LogP contribution in [0.15, 0.2) is 193 Å². The highest BCUT2D eigenvalue weighted by molar-refractivity contribution is 6.12. The fourth-order valence-corrected chi connectivity index (χ4v) is 7.42. The van der Waals surface area contributed by atoms with Crippen LogP contribution in [0, 0.1) is 6.92 Å². The molecule has 0 radical (unpaired) electrons. The molecule has 53 heavy (non-hydrogen) atoms. The highest BCUT2D eigenvalue weighted by Gasteiger charge is 2.27. The summed E-state index contributed by atoms with van der Waals surface area (Å²) in [6.45, 7) is 7.26. The van der Waals surface area contributed by atoms with Gasteiger partial charge in [0.25, 0.3) is 0 Å². The highest BCUT2D eigenvalue weighted by Crippen LogP contribution is 2.49. The average Bonchev–Trinajstić information content (AvgIpc) is 3.32. The molecule has 0 fully saturated rings. The van der Waals surface area contributed by atoms with Crippen LogP contribution in [0.25, 0.3) is 27.8 Å². The number of rotatable bonds is 8. The van der Waals surface area contributed by atoms with Crippen LogP contribution < -0.4 is 4.90 Å². The van der Waals surface area contributed by atoms with E-state index in [1.165, 1.54) is 72.6 Å². The van der Waals surface area contributed by atoms with Crippen molar-refractivity contribution in [2.75, 3.05) is 4.90 Å². The van der Waals surface area contributed by atoms with E-state index in [1.807, 2.05) is 6.07 Å². The summed E-state index contributed by atoms with van der Waals surface area (Å²) >= 11 is 0. The van der Waals surface area contributed by atoms with Gasteiger partial charge in [-0.05, 0) is 107 Å². The topological polar surface area (TPSA) is 15.6 Å². The number of nitrogens with zero attached hydrogens (tertiary/aromatic N) is 2. The number of aryl methyl sites for hydroxylation is 1. The second-order valence-electron chi connectivity index (χ2n) is 13.7. The van der Waals surface area contributed by atoms with Crippen molar-refractivity contribution in [3.63, 3.8) is 0 Å². The lowest BCUT2D eigenvalue weighted by Crippen LogP contribution is -2.12. The molecule has 7 aromatic rings. The lowest BCUT2D eigenvalue weighted by molar-refractivity contribution is 1.07. The molecule has 1 aliphatic heterocycles. The molecular formula is C51H42N2. The largest absolute Gasteiger partial charge is 0.309 e. The third-order valence-electron chi connectivity index (χ3n) is 10.2. The number of hydrogen-bond acceptors (Lipinski definition) is 2. The number of allylic oxidation sites excluding steroid dienone is 3. The van der Waals surface area contributed by atoms with Crippen LogP contribution in [0.1, 0.15) is 52.8 Å². The molecule has 0 unspecified atom stereocenters. The van der Waals surface area contributed by atoms with Gasteiger partial charge >= 0.3 is 0 Å². The molecule has 1 aliphatic rings. The Morgan fingerprint density at radius 3 is 1.70 bits per heavy atom. The summed E-state index contributed by atoms with van der Waals surface area (Å²) in [5.74, 6) is 0. The van der Waals surface area contributed by atoms with Gasteiger partial charge in [-0.1, -0.05) is 158 Å². The summed E-state index contributed by atoms with van der Waals surface area (Å²) in [6, 6.07) is 65.1. The summed E-state index contributed by atoms with van der Waals surface area (Å²) in [5.41, 5.74) is 19.1. The Bertz CT molecular complexity index is 2470. The number of anilines is 3. The molecule has 2 nitrogen and oxygen atoms in total. The minimum absolute atomic E-state index is 0.627. The first-order valence-electron chi connectivity index (χ1n) is 18.3. The summed E-state index contributed by atoms with van der Waals surface area (Å²) in [4.78, 5) is 7.53. The van der Waals surface area contributed by atoms with E-state index in [4.69, 9.17) is 4.99 Å². The molecule has 0 atom stereocenters. The predicted octanol–water partition coefficient (Wildman–Crippen LogP) is 13.5. The van der Waals surface area contributed by atoms with Gasteiger partial charge in [0.1, 0.15) is 0 Å². The van der Waals surface area contributed by atoms with E-state index in [0.717, 1.165) is 17.0 Å². The number of para-hydroxylation sites is 2. The molecular weight excluding hydrogens is 641 g/mol. The molecule has 0 N–H and O–H groups in total. The molecule has 0 saturated carbocycles. The Labute approximate surface area is 313 Å². The van der Waals surface area contributed by atoms with Crippen LogP contribution in [-0.4, -0.2) is 5.71 Å². The van der Waals surface area contributed by atoms with Crippen LogP contribution in [-0.2, 0) is 6.54 Å². The quantitative estimate of drug-likeness (QED) is 0.146. The van der Waals surface area contributed by atoms with E-state index >= 15 is 0 Å². The van der Waals surface area contributed by atoms with Crippen LogP contribution >= 0.6 is 0 Å². The normalized spacial score (nSPS) is 13.0. The Morgan fingerprint density at radius 1 is 0.509 bits per heavy atom. The lowest BCUT2D eigenvalue weighted by Gasteiger charge is -2.28. The van der Waals surface area contributed by atoms with E-state index in [9.17, 15) is 0 Å². The van der Waals surface area contributed by atoms with Gasteiger partial charge in [0.15, 0.2) is 0 Å². The third kappa shape index (κ3) is 6.92. The Kier molecular flexibility index (Phi) is 9.51. The van der Waals surface area contributed by atoms with Gasteiger partial charge in [-0.15, -0.1) is 0 Å². The molecule has 0 amide bonds. The summed E-state index contributed by atoms with van der Waals surface area (Å²) < 4.78 is 0. The molecule has 0 bridgehead atoms. The summed E-state index contributed by atoms with van der Waals surface area (Å²) in [5, 5.41) is 0. The monoisotopic (exact) mass is 682 g/mol. The van der Waals surface area contributed by atoms with E-state index < -0.39 is 0 Å². The first-order chi connectivity index (χ1) is 26.0. The van der Waals surface area contributed by atoms with Gasteiger partial charge in [-0.2, -0.15) is 0 Å².